The van der Waals surface area contributed by atoms with E-state index in [1.54, 1.807) is 11.8 Å². The number of nitrogens with one attached hydrogen (secondary N) is 1. The molecule has 2 atom stereocenters. The topological polar surface area (TPSA) is 32.3 Å². The molecule has 0 radical (unpaired) electrons. The number of hydrogen-bond donors (Lipinski definition) is 1. The highest BCUT2D eigenvalue weighted by molar-refractivity contribution is 8.00. The normalized spacial score (nSPS) is 19.2. The summed E-state index contributed by atoms with van der Waals surface area (Å²) in [5.74, 6) is 0.255. The molecule has 20 heavy (non-hydrogen) atoms. The molecule has 0 saturated carbocycles. The summed E-state index contributed by atoms with van der Waals surface area (Å²) in [5, 5.41) is 3.34. The van der Waals surface area contributed by atoms with Crippen molar-refractivity contribution in [1.29, 1.82) is 0 Å². The first-order valence-corrected chi connectivity index (χ1v) is 7.79. The van der Waals surface area contributed by atoms with Crippen molar-refractivity contribution < 1.29 is 4.79 Å². The third-order valence-corrected chi connectivity index (χ3v) is 4.96. The molecule has 0 spiro atoms. The fraction of sp³-hybridized carbons (Fsp3) is 0.533. The molecule has 1 aromatic carbocycles. The summed E-state index contributed by atoms with van der Waals surface area (Å²) in [6.07, 6.45) is 1.93. The number of thioether (sulfide) groups is 1. The van der Waals surface area contributed by atoms with E-state index in [1.807, 2.05) is 30.1 Å². The van der Waals surface area contributed by atoms with Gasteiger partial charge in [0.2, 0.25) is 5.91 Å². The van der Waals surface area contributed by atoms with Crippen molar-refractivity contribution >= 4 is 30.1 Å². The molecule has 5 heteroatoms. The van der Waals surface area contributed by atoms with Crippen molar-refractivity contribution in [3.05, 3.63) is 30.3 Å². The Balaban J connectivity index is 0.00000200. The Morgan fingerprint density at radius 1 is 1.45 bits per heavy atom. The minimum absolute atomic E-state index is 0. The molecule has 1 N–H and O–H groups in total. The van der Waals surface area contributed by atoms with Gasteiger partial charge in [0.15, 0.2) is 0 Å². The molecule has 1 aliphatic rings. The zero-order chi connectivity index (χ0) is 13.7. The number of nitrogens with zero attached hydrogens (tertiary/aromatic N) is 1. The maximum atomic E-state index is 12.5. The van der Waals surface area contributed by atoms with Crippen LogP contribution in [0.1, 0.15) is 19.8 Å². The van der Waals surface area contributed by atoms with E-state index in [1.165, 1.54) is 4.90 Å². The van der Waals surface area contributed by atoms with Crippen LogP contribution < -0.4 is 5.32 Å². The predicted octanol–water partition coefficient (Wildman–Crippen LogP) is 2.80. The Bertz CT molecular complexity index is 410. The van der Waals surface area contributed by atoms with Gasteiger partial charge in [0.05, 0.1) is 5.25 Å². The van der Waals surface area contributed by atoms with E-state index in [0.717, 1.165) is 25.9 Å². The highest BCUT2D eigenvalue weighted by Gasteiger charge is 2.28. The van der Waals surface area contributed by atoms with Crippen LogP contribution in [-0.4, -0.2) is 42.2 Å². The van der Waals surface area contributed by atoms with Crippen molar-refractivity contribution in [2.75, 3.05) is 20.1 Å². The fourth-order valence-electron chi connectivity index (χ4n) is 2.35. The van der Waals surface area contributed by atoms with Crippen molar-refractivity contribution in [1.82, 2.24) is 10.2 Å². The van der Waals surface area contributed by atoms with Crippen LogP contribution in [0.15, 0.2) is 35.2 Å². The number of carbonyl (C=O) groups is 1. The molecule has 1 fully saturated rings. The number of likely N-dealkylation sites (N-methyl/N-ethyl adjacent to an activating group) is 1. The number of halogens is 1. The van der Waals surface area contributed by atoms with Crippen molar-refractivity contribution in [3.63, 3.8) is 0 Å². The minimum atomic E-state index is 0. The lowest BCUT2D eigenvalue weighted by Gasteiger charge is -2.27. The number of rotatable bonds is 5. The summed E-state index contributed by atoms with van der Waals surface area (Å²) in [4.78, 5) is 15.6. The average Bonchev–Trinajstić information content (AvgIpc) is 2.98. The number of benzene rings is 1. The van der Waals surface area contributed by atoms with Crippen LogP contribution in [0.2, 0.25) is 0 Å². The van der Waals surface area contributed by atoms with Crippen LogP contribution >= 0.6 is 24.2 Å². The van der Waals surface area contributed by atoms with Gasteiger partial charge in [-0.2, -0.15) is 0 Å². The van der Waals surface area contributed by atoms with E-state index in [0.29, 0.717) is 6.04 Å². The van der Waals surface area contributed by atoms with Crippen molar-refractivity contribution in [2.24, 2.45) is 0 Å². The van der Waals surface area contributed by atoms with E-state index in [4.69, 9.17) is 0 Å². The lowest BCUT2D eigenvalue weighted by atomic mass is 10.2. The highest BCUT2D eigenvalue weighted by atomic mass is 35.5. The maximum absolute atomic E-state index is 12.5. The Morgan fingerprint density at radius 2 is 2.15 bits per heavy atom. The van der Waals surface area contributed by atoms with Gasteiger partial charge < -0.3 is 10.2 Å². The molecule has 0 aliphatic carbocycles. The third kappa shape index (κ3) is 4.40. The molecule has 1 saturated heterocycles. The molecule has 1 aliphatic heterocycles. The molecular formula is C15H23ClN2OS. The molecule has 2 rings (SSSR count). The van der Waals surface area contributed by atoms with Crippen molar-refractivity contribution in [2.45, 2.75) is 36.0 Å². The fourth-order valence-corrected chi connectivity index (χ4v) is 3.43. The smallest absolute Gasteiger partial charge is 0.236 e. The van der Waals surface area contributed by atoms with Crippen LogP contribution in [0, 0.1) is 0 Å². The number of amides is 1. The molecular weight excluding hydrogens is 292 g/mol. The average molecular weight is 315 g/mol. The predicted molar refractivity (Wildman–Crippen MR) is 87.7 cm³/mol. The quantitative estimate of drug-likeness (QED) is 0.848. The van der Waals surface area contributed by atoms with E-state index in [9.17, 15) is 4.79 Å². The highest BCUT2D eigenvalue weighted by Crippen LogP contribution is 2.27. The Kier molecular flexibility index (Phi) is 7.41. The lowest BCUT2D eigenvalue weighted by molar-refractivity contribution is -0.131. The van der Waals surface area contributed by atoms with Gasteiger partial charge >= 0.3 is 0 Å². The zero-order valence-electron chi connectivity index (χ0n) is 12.0. The van der Waals surface area contributed by atoms with Crippen molar-refractivity contribution in [3.8, 4) is 0 Å². The first kappa shape index (κ1) is 17.3. The van der Waals surface area contributed by atoms with E-state index >= 15 is 0 Å². The summed E-state index contributed by atoms with van der Waals surface area (Å²) in [6.45, 7) is 4.03. The first-order chi connectivity index (χ1) is 9.22. The maximum Gasteiger partial charge on any atom is 0.236 e. The van der Waals surface area contributed by atoms with Crippen LogP contribution in [0.25, 0.3) is 0 Å². The first-order valence-electron chi connectivity index (χ1n) is 6.91. The largest absolute Gasteiger partial charge is 0.340 e. The lowest BCUT2D eigenvalue weighted by Crippen LogP contribution is -2.42. The second-order valence-electron chi connectivity index (χ2n) is 4.92. The monoisotopic (exact) mass is 314 g/mol. The molecule has 1 aromatic rings. The molecule has 3 nitrogen and oxygen atoms in total. The van der Waals surface area contributed by atoms with Crippen LogP contribution in [0.4, 0.5) is 0 Å². The molecule has 112 valence electrons. The van der Waals surface area contributed by atoms with Gasteiger partial charge in [0, 0.05) is 24.5 Å². The summed E-state index contributed by atoms with van der Waals surface area (Å²) >= 11 is 1.67. The SMILES string of the molecule is CCC(Sc1ccccc1)C(=O)N(C)C1CCNC1.Cl. The minimum Gasteiger partial charge on any atom is -0.340 e. The summed E-state index contributed by atoms with van der Waals surface area (Å²) in [5.41, 5.74) is 0. The van der Waals surface area contributed by atoms with Crippen LogP contribution in [0.3, 0.4) is 0 Å². The van der Waals surface area contributed by atoms with Crippen LogP contribution in [0.5, 0.6) is 0 Å². The van der Waals surface area contributed by atoms with Gasteiger partial charge in [-0.25, -0.2) is 0 Å². The summed E-state index contributed by atoms with van der Waals surface area (Å²) in [7, 11) is 1.94. The van der Waals surface area contributed by atoms with Gasteiger partial charge in [-0.3, -0.25) is 4.79 Å². The Labute approximate surface area is 131 Å². The zero-order valence-corrected chi connectivity index (χ0v) is 13.7. The standard InChI is InChI=1S/C15H22N2OS.ClH/c1-3-14(19-13-7-5-4-6-8-13)15(18)17(2)12-9-10-16-11-12;/h4-8,12,14,16H,3,9-11H2,1-2H3;1H. The van der Waals surface area contributed by atoms with E-state index in [2.05, 4.69) is 24.4 Å². The second kappa shape index (κ2) is 8.55. The van der Waals surface area contributed by atoms with E-state index in [-0.39, 0.29) is 23.6 Å². The van der Waals surface area contributed by atoms with Gasteiger partial charge in [0.1, 0.15) is 0 Å². The molecule has 1 heterocycles. The number of hydrogen-bond acceptors (Lipinski definition) is 3. The molecule has 0 aromatic heterocycles. The Hall–Kier alpha value is -0.710. The summed E-state index contributed by atoms with van der Waals surface area (Å²) in [6, 6.07) is 10.5. The van der Waals surface area contributed by atoms with Gasteiger partial charge in [-0.05, 0) is 31.5 Å². The van der Waals surface area contributed by atoms with Gasteiger partial charge in [-0.15, -0.1) is 24.2 Å². The summed E-state index contributed by atoms with van der Waals surface area (Å²) < 4.78 is 0. The van der Waals surface area contributed by atoms with Crippen LogP contribution in [-0.2, 0) is 4.79 Å². The molecule has 2 unspecified atom stereocenters. The van der Waals surface area contributed by atoms with Gasteiger partial charge in [0.25, 0.3) is 0 Å². The number of carbonyl (C=O) groups excluding carboxylic acids is 1. The van der Waals surface area contributed by atoms with E-state index < -0.39 is 0 Å². The molecule has 1 amide bonds. The second-order valence-corrected chi connectivity index (χ2v) is 6.20. The Morgan fingerprint density at radius 3 is 2.70 bits per heavy atom. The van der Waals surface area contributed by atoms with Gasteiger partial charge in [-0.1, -0.05) is 25.1 Å². The molecule has 0 bridgehead atoms. The third-order valence-electron chi connectivity index (χ3n) is 3.60.